The van der Waals surface area contributed by atoms with Crippen LogP contribution in [0, 0.1) is 0 Å². The number of anilines is 1. The van der Waals surface area contributed by atoms with Crippen molar-refractivity contribution < 1.29 is 14.7 Å². The van der Waals surface area contributed by atoms with Crippen molar-refractivity contribution in [1.82, 2.24) is 5.32 Å². The molecular formula is C14H17ClN2O3S. The molecule has 1 atom stereocenters. The van der Waals surface area contributed by atoms with E-state index >= 15 is 0 Å². The molecule has 5 nitrogen and oxygen atoms in total. The van der Waals surface area contributed by atoms with E-state index in [1.54, 1.807) is 0 Å². The highest BCUT2D eigenvalue weighted by atomic mass is 35.5. The number of hydrogen-bond acceptors (Lipinski definition) is 3. The monoisotopic (exact) mass is 328 g/mol. The van der Waals surface area contributed by atoms with Gasteiger partial charge in [-0.1, -0.05) is 11.6 Å². The molecule has 1 aliphatic rings. The topological polar surface area (TPSA) is 78.4 Å². The zero-order valence-corrected chi connectivity index (χ0v) is 13.2. The molecule has 3 N–H and O–H groups in total. The second-order valence-electron chi connectivity index (χ2n) is 5.21. The van der Waals surface area contributed by atoms with Crippen molar-refractivity contribution in [3.8, 4) is 0 Å². The van der Waals surface area contributed by atoms with Crippen LogP contribution in [0.4, 0.5) is 10.5 Å². The van der Waals surface area contributed by atoms with Crippen molar-refractivity contribution in [2.75, 3.05) is 17.6 Å². The molecule has 0 spiro atoms. The molecule has 1 unspecified atom stereocenters. The van der Waals surface area contributed by atoms with Crippen LogP contribution in [0.1, 0.15) is 30.1 Å². The summed E-state index contributed by atoms with van der Waals surface area (Å²) in [6, 6.07) is 3.99. The maximum atomic E-state index is 11.9. The lowest BCUT2D eigenvalue weighted by Gasteiger charge is -2.22. The summed E-state index contributed by atoms with van der Waals surface area (Å²) in [5.74, 6) is 0.0358. The van der Waals surface area contributed by atoms with E-state index in [4.69, 9.17) is 16.7 Å². The molecule has 2 rings (SSSR count). The Bertz CT molecular complexity index is 559. The molecule has 21 heavy (non-hydrogen) atoms. The molecule has 0 bridgehead atoms. The molecule has 0 saturated carbocycles. The van der Waals surface area contributed by atoms with E-state index in [-0.39, 0.29) is 21.4 Å². The van der Waals surface area contributed by atoms with Crippen LogP contribution in [0.5, 0.6) is 0 Å². The van der Waals surface area contributed by atoms with Gasteiger partial charge in [0.15, 0.2) is 0 Å². The smallest absolute Gasteiger partial charge is 0.337 e. The Labute approximate surface area is 132 Å². The normalized spacial score (nSPS) is 21.0. The minimum atomic E-state index is -1.10. The first kappa shape index (κ1) is 16.0. The number of carbonyl (C=O) groups is 2. The summed E-state index contributed by atoms with van der Waals surface area (Å²) in [4.78, 5) is 22.7. The third-order valence-electron chi connectivity index (χ3n) is 3.38. The van der Waals surface area contributed by atoms with Crippen molar-refractivity contribution in [3.63, 3.8) is 0 Å². The van der Waals surface area contributed by atoms with Gasteiger partial charge in [-0.15, -0.1) is 0 Å². The van der Waals surface area contributed by atoms with E-state index in [0.717, 1.165) is 12.2 Å². The Balaban J connectivity index is 1.90. The third kappa shape index (κ3) is 4.28. The van der Waals surface area contributed by atoms with E-state index in [9.17, 15) is 9.59 Å². The molecule has 1 saturated heterocycles. The number of benzene rings is 1. The first-order chi connectivity index (χ1) is 9.89. The molecule has 2 amide bonds. The summed E-state index contributed by atoms with van der Waals surface area (Å²) >= 11 is 7.73. The van der Waals surface area contributed by atoms with Crippen LogP contribution in [0.2, 0.25) is 5.02 Å². The minimum Gasteiger partial charge on any atom is -0.478 e. The Morgan fingerprint density at radius 2 is 2.24 bits per heavy atom. The largest absolute Gasteiger partial charge is 0.478 e. The fourth-order valence-corrected chi connectivity index (χ4v) is 3.69. The minimum absolute atomic E-state index is 0.0116. The number of aromatic carboxylic acids is 1. The maximum Gasteiger partial charge on any atom is 0.337 e. The molecule has 0 aliphatic carbocycles. The molecule has 0 radical (unpaired) electrons. The lowest BCUT2D eigenvalue weighted by molar-refractivity contribution is 0.0697. The van der Waals surface area contributed by atoms with Crippen LogP contribution in [-0.4, -0.2) is 34.2 Å². The second kappa shape index (κ2) is 6.58. The lowest BCUT2D eigenvalue weighted by atomic mass is 10.1. The van der Waals surface area contributed by atoms with E-state index in [1.807, 2.05) is 11.8 Å². The summed E-state index contributed by atoms with van der Waals surface area (Å²) in [5, 5.41) is 14.5. The van der Waals surface area contributed by atoms with Gasteiger partial charge < -0.3 is 15.7 Å². The standard InChI is InChI=1S/C14H17ClN2O3S/c1-14(5-2-6-21-14)8-16-13(20)17-9-3-4-10(12(18)19)11(15)7-9/h3-4,7H,2,5-6,8H2,1H3,(H,18,19)(H2,16,17,20). The Morgan fingerprint density at radius 1 is 1.48 bits per heavy atom. The number of carboxylic acid groups (broad SMARTS) is 1. The van der Waals surface area contributed by atoms with Crippen LogP contribution < -0.4 is 10.6 Å². The van der Waals surface area contributed by atoms with Gasteiger partial charge >= 0.3 is 12.0 Å². The number of carbonyl (C=O) groups excluding carboxylic acids is 1. The summed E-state index contributed by atoms with van der Waals surface area (Å²) in [6.07, 6.45) is 2.27. The maximum absolute atomic E-state index is 11.9. The predicted molar refractivity (Wildman–Crippen MR) is 85.5 cm³/mol. The van der Waals surface area contributed by atoms with Gasteiger partial charge in [0.25, 0.3) is 0 Å². The molecular weight excluding hydrogens is 312 g/mol. The van der Waals surface area contributed by atoms with Gasteiger partial charge in [0.1, 0.15) is 0 Å². The van der Waals surface area contributed by atoms with Gasteiger partial charge in [-0.25, -0.2) is 9.59 Å². The first-order valence-electron chi connectivity index (χ1n) is 6.61. The Morgan fingerprint density at radius 3 is 2.81 bits per heavy atom. The highest BCUT2D eigenvalue weighted by molar-refractivity contribution is 8.00. The van der Waals surface area contributed by atoms with Crippen molar-refractivity contribution in [2.24, 2.45) is 0 Å². The van der Waals surface area contributed by atoms with Gasteiger partial charge in [0.05, 0.1) is 10.6 Å². The van der Waals surface area contributed by atoms with Crippen molar-refractivity contribution in [3.05, 3.63) is 28.8 Å². The van der Waals surface area contributed by atoms with E-state index in [2.05, 4.69) is 17.6 Å². The lowest BCUT2D eigenvalue weighted by Crippen LogP contribution is -2.39. The van der Waals surface area contributed by atoms with E-state index in [1.165, 1.54) is 24.6 Å². The Kier molecular flexibility index (Phi) is 5.00. The third-order valence-corrected chi connectivity index (χ3v) is 5.23. The Hall–Kier alpha value is -1.40. The average Bonchev–Trinajstić information content (AvgIpc) is 2.84. The second-order valence-corrected chi connectivity index (χ2v) is 7.30. The van der Waals surface area contributed by atoms with E-state index < -0.39 is 5.97 Å². The van der Waals surface area contributed by atoms with Gasteiger partial charge in [-0.05, 0) is 43.7 Å². The van der Waals surface area contributed by atoms with Crippen molar-refractivity contribution >= 4 is 41.1 Å². The zero-order valence-electron chi connectivity index (χ0n) is 11.6. The van der Waals surface area contributed by atoms with E-state index in [0.29, 0.717) is 12.2 Å². The number of amides is 2. The number of rotatable bonds is 4. The molecule has 1 aliphatic heterocycles. The van der Waals surface area contributed by atoms with Gasteiger partial charge in [0.2, 0.25) is 0 Å². The quantitative estimate of drug-likeness (QED) is 0.791. The van der Waals surface area contributed by atoms with Crippen LogP contribution in [-0.2, 0) is 0 Å². The highest BCUT2D eigenvalue weighted by Gasteiger charge is 2.29. The molecule has 1 fully saturated rings. The number of urea groups is 1. The van der Waals surface area contributed by atoms with Crippen molar-refractivity contribution in [1.29, 1.82) is 0 Å². The number of halogens is 1. The van der Waals surface area contributed by atoms with Crippen LogP contribution in [0.15, 0.2) is 18.2 Å². The fraction of sp³-hybridized carbons (Fsp3) is 0.429. The molecule has 1 heterocycles. The molecule has 1 aromatic carbocycles. The van der Waals surface area contributed by atoms with Gasteiger partial charge in [-0.2, -0.15) is 11.8 Å². The van der Waals surface area contributed by atoms with Crippen LogP contribution in [0.25, 0.3) is 0 Å². The summed E-state index contributed by atoms with van der Waals surface area (Å²) < 4.78 is 0.0994. The number of nitrogens with one attached hydrogen (secondary N) is 2. The van der Waals surface area contributed by atoms with Crippen LogP contribution in [0.3, 0.4) is 0 Å². The van der Waals surface area contributed by atoms with Gasteiger partial charge in [0, 0.05) is 17.0 Å². The number of carboxylic acids is 1. The van der Waals surface area contributed by atoms with Crippen LogP contribution >= 0.6 is 23.4 Å². The molecule has 1 aromatic rings. The average molecular weight is 329 g/mol. The zero-order chi connectivity index (χ0) is 15.5. The summed E-state index contributed by atoms with van der Waals surface area (Å²) in [6.45, 7) is 2.74. The summed E-state index contributed by atoms with van der Waals surface area (Å²) in [5.41, 5.74) is 0.476. The predicted octanol–water partition coefficient (Wildman–Crippen LogP) is 3.45. The number of thioether (sulfide) groups is 1. The fourth-order valence-electron chi connectivity index (χ4n) is 2.19. The molecule has 7 heteroatoms. The molecule has 114 valence electrons. The SMILES string of the molecule is CC1(CNC(=O)Nc2ccc(C(=O)O)c(Cl)c2)CCCS1. The molecule has 0 aromatic heterocycles. The van der Waals surface area contributed by atoms with Crippen molar-refractivity contribution in [2.45, 2.75) is 24.5 Å². The number of hydrogen-bond donors (Lipinski definition) is 3. The highest BCUT2D eigenvalue weighted by Crippen LogP contribution is 2.36. The summed E-state index contributed by atoms with van der Waals surface area (Å²) in [7, 11) is 0. The first-order valence-corrected chi connectivity index (χ1v) is 7.98. The van der Waals surface area contributed by atoms with Gasteiger partial charge in [-0.3, -0.25) is 0 Å².